The van der Waals surface area contributed by atoms with E-state index < -0.39 is 0 Å². The van der Waals surface area contributed by atoms with Crippen LogP contribution in [0.25, 0.3) is 16.7 Å². The van der Waals surface area contributed by atoms with Crippen molar-refractivity contribution in [2.75, 3.05) is 31.1 Å². The standard InChI is InChI=1S/C20H19N7O/c28-20(17-13-15-3-1-2-4-16(15)22-17)26-11-9-25(10-12-26)18-5-6-19(24-23-18)27-8-7-21-14-27/h1-8,13-14,22H,9-12H2. The minimum Gasteiger partial charge on any atom is -0.352 e. The largest absolute Gasteiger partial charge is 0.352 e. The van der Waals surface area contributed by atoms with E-state index in [-0.39, 0.29) is 5.91 Å². The Hall–Kier alpha value is -3.68. The van der Waals surface area contributed by atoms with E-state index in [2.05, 4.69) is 25.1 Å². The molecule has 0 unspecified atom stereocenters. The number of carbonyl (C=O) groups is 1. The Kier molecular flexibility index (Phi) is 4.01. The van der Waals surface area contributed by atoms with Gasteiger partial charge >= 0.3 is 0 Å². The monoisotopic (exact) mass is 373 g/mol. The first-order chi connectivity index (χ1) is 13.8. The number of hydrogen-bond donors (Lipinski definition) is 1. The summed E-state index contributed by atoms with van der Waals surface area (Å²) in [7, 11) is 0. The molecule has 0 spiro atoms. The average Bonchev–Trinajstić information content (AvgIpc) is 3.43. The molecule has 5 rings (SSSR count). The van der Waals surface area contributed by atoms with Crippen molar-refractivity contribution < 1.29 is 4.79 Å². The first-order valence-corrected chi connectivity index (χ1v) is 9.22. The summed E-state index contributed by atoms with van der Waals surface area (Å²) in [6, 6.07) is 13.7. The van der Waals surface area contributed by atoms with E-state index in [4.69, 9.17) is 0 Å². The van der Waals surface area contributed by atoms with E-state index in [1.54, 1.807) is 12.5 Å². The Bertz CT molecular complexity index is 1060. The van der Waals surface area contributed by atoms with Crippen molar-refractivity contribution in [3.05, 3.63) is 66.9 Å². The van der Waals surface area contributed by atoms with Gasteiger partial charge in [0.2, 0.25) is 0 Å². The maximum atomic E-state index is 12.8. The van der Waals surface area contributed by atoms with Gasteiger partial charge in [-0.15, -0.1) is 10.2 Å². The van der Waals surface area contributed by atoms with Crippen LogP contribution < -0.4 is 4.90 Å². The van der Waals surface area contributed by atoms with Crippen LogP contribution in [-0.2, 0) is 0 Å². The summed E-state index contributed by atoms with van der Waals surface area (Å²) in [4.78, 5) is 24.1. The number of benzene rings is 1. The van der Waals surface area contributed by atoms with Gasteiger partial charge in [-0.05, 0) is 24.3 Å². The van der Waals surface area contributed by atoms with Crippen LogP contribution in [-0.4, -0.2) is 61.7 Å². The quantitative estimate of drug-likeness (QED) is 0.595. The number of para-hydroxylation sites is 1. The van der Waals surface area contributed by atoms with Crippen LogP contribution in [0.5, 0.6) is 0 Å². The molecule has 1 aliphatic heterocycles. The zero-order valence-electron chi connectivity index (χ0n) is 15.2. The second-order valence-electron chi connectivity index (χ2n) is 6.77. The Balaban J connectivity index is 1.25. The van der Waals surface area contributed by atoms with Crippen molar-refractivity contribution in [3.63, 3.8) is 0 Å². The molecule has 8 nitrogen and oxygen atoms in total. The molecule has 140 valence electrons. The zero-order valence-corrected chi connectivity index (χ0v) is 15.2. The Morgan fingerprint density at radius 3 is 2.46 bits per heavy atom. The number of hydrogen-bond acceptors (Lipinski definition) is 5. The van der Waals surface area contributed by atoms with Crippen LogP contribution in [0.15, 0.2) is 61.2 Å². The zero-order chi connectivity index (χ0) is 18.9. The van der Waals surface area contributed by atoms with Crippen molar-refractivity contribution in [3.8, 4) is 5.82 Å². The van der Waals surface area contributed by atoms with E-state index in [0.717, 1.165) is 35.6 Å². The summed E-state index contributed by atoms with van der Waals surface area (Å²) >= 11 is 0. The molecule has 1 N–H and O–H groups in total. The molecule has 0 saturated carbocycles. The molecule has 4 heterocycles. The molecule has 0 bridgehead atoms. The van der Waals surface area contributed by atoms with E-state index in [1.165, 1.54) is 0 Å². The van der Waals surface area contributed by atoms with E-state index in [0.29, 0.717) is 18.8 Å². The third kappa shape index (κ3) is 2.98. The van der Waals surface area contributed by atoms with Crippen LogP contribution in [0.4, 0.5) is 5.82 Å². The van der Waals surface area contributed by atoms with Gasteiger partial charge in [-0.3, -0.25) is 9.36 Å². The number of carbonyl (C=O) groups excluding carboxylic acids is 1. The maximum Gasteiger partial charge on any atom is 0.270 e. The molecule has 4 aromatic rings. The highest BCUT2D eigenvalue weighted by atomic mass is 16.2. The first kappa shape index (κ1) is 16.5. The van der Waals surface area contributed by atoms with Crippen LogP contribution in [0.1, 0.15) is 10.5 Å². The fourth-order valence-corrected chi connectivity index (χ4v) is 3.52. The van der Waals surface area contributed by atoms with E-state index >= 15 is 0 Å². The number of aromatic amines is 1. The SMILES string of the molecule is O=C(c1cc2ccccc2[nH]1)N1CCN(c2ccc(-n3ccnc3)nn2)CC1. The third-order valence-corrected chi connectivity index (χ3v) is 5.06. The predicted octanol–water partition coefficient (Wildman–Crippen LogP) is 2.11. The van der Waals surface area contributed by atoms with Gasteiger partial charge in [-0.1, -0.05) is 18.2 Å². The van der Waals surface area contributed by atoms with Gasteiger partial charge in [0, 0.05) is 49.5 Å². The molecule has 8 heteroatoms. The topological polar surface area (TPSA) is 82.9 Å². The van der Waals surface area contributed by atoms with Crippen molar-refractivity contribution in [1.29, 1.82) is 0 Å². The highest BCUT2D eigenvalue weighted by Crippen LogP contribution is 2.18. The fraction of sp³-hybridized carbons (Fsp3) is 0.200. The summed E-state index contributed by atoms with van der Waals surface area (Å²) in [5.74, 6) is 1.59. The maximum absolute atomic E-state index is 12.8. The highest BCUT2D eigenvalue weighted by molar-refractivity contribution is 5.98. The van der Waals surface area contributed by atoms with Crippen molar-refractivity contribution in [2.45, 2.75) is 0 Å². The number of amides is 1. The molecule has 0 aliphatic carbocycles. The van der Waals surface area contributed by atoms with Gasteiger partial charge in [-0.2, -0.15) is 0 Å². The summed E-state index contributed by atoms with van der Waals surface area (Å²) < 4.78 is 1.81. The van der Waals surface area contributed by atoms with Crippen molar-refractivity contribution in [2.24, 2.45) is 0 Å². The molecular weight excluding hydrogens is 354 g/mol. The van der Waals surface area contributed by atoms with Crippen molar-refractivity contribution >= 4 is 22.6 Å². The van der Waals surface area contributed by atoms with Crippen molar-refractivity contribution in [1.82, 2.24) is 29.6 Å². The van der Waals surface area contributed by atoms with E-state index in [9.17, 15) is 4.79 Å². The van der Waals surface area contributed by atoms with Gasteiger partial charge in [0.1, 0.15) is 12.0 Å². The number of fused-ring (bicyclic) bond motifs is 1. The average molecular weight is 373 g/mol. The normalized spacial score (nSPS) is 14.6. The Morgan fingerprint density at radius 1 is 0.964 bits per heavy atom. The number of piperazine rings is 1. The number of nitrogens with one attached hydrogen (secondary N) is 1. The van der Waals surface area contributed by atoms with Crippen LogP contribution in [0.3, 0.4) is 0 Å². The lowest BCUT2D eigenvalue weighted by atomic mass is 10.2. The number of nitrogens with zero attached hydrogens (tertiary/aromatic N) is 6. The summed E-state index contributed by atoms with van der Waals surface area (Å²) in [6.07, 6.45) is 5.23. The molecule has 3 aromatic heterocycles. The number of aromatic nitrogens is 5. The smallest absolute Gasteiger partial charge is 0.270 e. The summed E-state index contributed by atoms with van der Waals surface area (Å²) in [6.45, 7) is 2.76. The molecule has 0 radical (unpaired) electrons. The molecule has 1 aromatic carbocycles. The number of H-pyrrole nitrogens is 1. The summed E-state index contributed by atoms with van der Waals surface area (Å²) in [5, 5.41) is 9.65. The number of rotatable bonds is 3. The molecule has 1 fully saturated rings. The highest BCUT2D eigenvalue weighted by Gasteiger charge is 2.24. The minimum absolute atomic E-state index is 0.0392. The lowest BCUT2D eigenvalue weighted by molar-refractivity contribution is 0.0741. The molecule has 1 amide bonds. The van der Waals surface area contributed by atoms with Gasteiger partial charge in [0.25, 0.3) is 5.91 Å². The molecule has 1 saturated heterocycles. The van der Waals surface area contributed by atoms with Gasteiger partial charge in [-0.25, -0.2) is 4.98 Å². The van der Waals surface area contributed by atoms with Crippen LogP contribution >= 0.6 is 0 Å². The molecule has 0 atom stereocenters. The molecule has 28 heavy (non-hydrogen) atoms. The van der Waals surface area contributed by atoms with Crippen LogP contribution in [0.2, 0.25) is 0 Å². The Morgan fingerprint density at radius 2 is 1.75 bits per heavy atom. The van der Waals surface area contributed by atoms with Crippen LogP contribution in [0, 0.1) is 0 Å². The van der Waals surface area contributed by atoms with Gasteiger partial charge < -0.3 is 14.8 Å². The summed E-state index contributed by atoms with van der Waals surface area (Å²) in [5.41, 5.74) is 1.62. The Labute approximate surface area is 161 Å². The van der Waals surface area contributed by atoms with E-state index in [1.807, 2.05) is 58.1 Å². The minimum atomic E-state index is 0.0392. The first-order valence-electron chi connectivity index (χ1n) is 9.22. The van der Waals surface area contributed by atoms with Gasteiger partial charge in [0.05, 0.1) is 0 Å². The fourth-order valence-electron chi connectivity index (χ4n) is 3.52. The molecule has 1 aliphatic rings. The lowest BCUT2D eigenvalue weighted by Crippen LogP contribution is -2.49. The second-order valence-corrected chi connectivity index (χ2v) is 6.77. The molecular formula is C20H19N7O. The van der Waals surface area contributed by atoms with Gasteiger partial charge in [0.15, 0.2) is 11.6 Å². The second kappa shape index (κ2) is 6.80. The third-order valence-electron chi connectivity index (χ3n) is 5.06. The number of anilines is 1. The number of imidazole rings is 1. The lowest BCUT2D eigenvalue weighted by Gasteiger charge is -2.35. The predicted molar refractivity (Wildman–Crippen MR) is 106 cm³/mol.